The summed E-state index contributed by atoms with van der Waals surface area (Å²) in [5.41, 5.74) is 3.12. The number of carbonyl (C=O) groups is 2. The maximum absolute atomic E-state index is 12.9. The third-order valence-corrected chi connectivity index (χ3v) is 4.83. The number of rotatable bonds is 3. The van der Waals surface area contributed by atoms with Gasteiger partial charge in [0.15, 0.2) is 0 Å². The standard InChI is InChI=1S/C21H19N3O3/c1-12-10-14-4-3-5-17-19(14)24(12)11-18(20(17)26)21(27)23-16-8-6-15(7-9-16)22-13(2)25/h3-9,11-12H,10H2,1-2H3,(H,22,25)(H,23,27)/t12-/m1/s1. The number of nitrogens with one attached hydrogen (secondary N) is 2. The molecule has 0 saturated heterocycles. The second kappa shape index (κ2) is 6.39. The Kier molecular flexibility index (Phi) is 4.03. The van der Waals surface area contributed by atoms with Crippen molar-refractivity contribution in [3.63, 3.8) is 0 Å². The Morgan fingerprint density at radius 2 is 1.70 bits per heavy atom. The maximum Gasteiger partial charge on any atom is 0.261 e. The lowest BCUT2D eigenvalue weighted by molar-refractivity contribution is -0.114. The topological polar surface area (TPSA) is 80.2 Å². The van der Waals surface area contributed by atoms with E-state index < -0.39 is 5.91 Å². The molecule has 0 bridgehead atoms. The van der Waals surface area contributed by atoms with Crippen LogP contribution in [0.3, 0.4) is 0 Å². The van der Waals surface area contributed by atoms with Crippen molar-refractivity contribution in [1.82, 2.24) is 4.57 Å². The number of carbonyl (C=O) groups excluding carboxylic acids is 2. The molecule has 1 aliphatic heterocycles. The average Bonchev–Trinajstić information content (AvgIpc) is 2.95. The van der Waals surface area contributed by atoms with Gasteiger partial charge in [-0.05, 0) is 49.2 Å². The van der Waals surface area contributed by atoms with Crippen molar-refractivity contribution in [3.05, 3.63) is 70.0 Å². The van der Waals surface area contributed by atoms with Gasteiger partial charge >= 0.3 is 0 Å². The number of aromatic nitrogens is 1. The van der Waals surface area contributed by atoms with Crippen molar-refractivity contribution in [2.45, 2.75) is 26.3 Å². The Hall–Kier alpha value is -3.41. The van der Waals surface area contributed by atoms with Gasteiger partial charge in [-0.1, -0.05) is 12.1 Å². The number of benzene rings is 2. The summed E-state index contributed by atoms with van der Waals surface area (Å²) in [4.78, 5) is 36.7. The van der Waals surface area contributed by atoms with Gasteiger partial charge in [-0.15, -0.1) is 0 Å². The van der Waals surface area contributed by atoms with E-state index >= 15 is 0 Å². The molecule has 6 heteroatoms. The van der Waals surface area contributed by atoms with Crippen LogP contribution in [0, 0.1) is 0 Å². The molecule has 2 amide bonds. The first-order valence-electron chi connectivity index (χ1n) is 8.80. The molecule has 0 saturated carbocycles. The van der Waals surface area contributed by atoms with Crippen LogP contribution in [0.1, 0.15) is 35.8 Å². The molecule has 27 heavy (non-hydrogen) atoms. The highest BCUT2D eigenvalue weighted by atomic mass is 16.2. The number of anilines is 2. The van der Waals surface area contributed by atoms with E-state index in [1.807, 2.05) is 16.7 Å². The van der Waals surface area contributed by atoms with Crippen molar-refractivity contribution in [2.75, 3.05) is 10.6 Å². The molecule has 3 aromatic rings. The molecule has 4 rings (SSSR count). The number of para-hydroxylation sites is 1. The highest BCUT2D eigenvalue weighted by molar-refractivity contribution is 6.06. The summed E-state index contributed by atoms with van der Waals surface area (Å²) in [5, 5.41) is 6.00. The van der Waals surface area contributed by atoms with E-state index in [4.69, 9.17) is 0 Å². The fourth-order valence-electron chi connectivity index (χ4n) is 3.62. The van der Waals surface area contributed by atoms with Gasteiger partial charge in [0.05, 0.1) is 5.52 Å². The number of nitrogens with zero attached hydrogens (tertiary/aromatic N) is 1. The van der Waals surface area contributed by atoms with Crippen LogP contribution >= 0.6 is 0 Å². The van der Waals surface area contributed by atoms with Gasteiger partial charge in [-0.3, -0.25) is 14.4 Å². The van der Waals surface area contributed by atoms with E-state index in [0.29, 0.717) is 16.8 Å². The van der Waals surface area contributed by atoms with Gasteiger partial charge in [0, 0.05) is 35.9 Å². The molecule has 2 N–H and O–H groups in total. The summed E-state index contributed by atoms with van der Waals surface area (Å²) in [6.07, 6.45) is 2.51. The predicted octanol–water partition coefficient (Wildman–Crippen LogP) is 3.33. The lowest BCUT2D eigenvalue weighted by atomic mass is 10.1. The van der Waals surface area contributed by atoms with E-state index in [2.05, 4.69) is 17.6 Å². The molecule has 136 valence electrons. The minimum absolute atomic E-state index is 0.124. The fraction of sp³-hybridized carbons (Fsp3) is 0.190. The zero-order valence-corrected chi connectivity index (χ0v) is 15.1. The lowest BCUT2D eigenvalue weighted by Gasteiger charge is -2.13. The van der Waals surface area contributed by atoms with Crippen molar-refractivity contribution >= 4 is 34.1 Å². The van der Waals surface area contributed by atoms with Crippen LogP contribution in [0.15, 0.2) is 53.5 Å². The summed E-state index contributed by atoms with van der Waals surface area (Å²) in [5.74, 6) is -0.607. The Balaban J connectivity index is 1.67. The summed E-state index contributed by atoms with van der Waals surface area (Å²) in [7, 11) is 0. The molecule has 0 unspecified atom stereocenters. The summed E-state index contributed by atoms with van der Waals surface area (Å²) in [6, 6.07) is 12.6. The SMILES string of the molecule is CC(=O)Nc1ccc(NC(=O)c2cn3c4c(cccc4c2=O)C[C@H]3C)cc1. The zero-order valence-electron chi connectivity index (χ0n) is 15.1. The van der Waals surface area contributed by atoms with Crippen molar-refractivity contribution in [1.29, 1.82) is 0 Å². The predicted molar refractivity (Wildman–Crippen MR) is 105 cm³/mol. The minimum atomic E-state index is -0.442. The first-order chi connectivity index (χ1) is 12.9. The lowest BCUT2D eigenvalue weighted by Crippen LogP contribution is -2.23. The molecule has 1 aliphatic rings. The molecule has 6 nitrogen and oxygen atoms in total. The Bertz CT molecular complexity index is 1130. The highest BCUT2D eigenvalue weighted by Gasteiger charge is 2.24. The molecule has 0 fully saturated rings. The maximum atomic E-state index is 12.9. The van der Waals surface area contributed by atoms with Crippen molar-refractivity contribution < 1.29 is 9.59 Å². The molecule has 1 aromatic heterocycles. The molecule has 2 heterocycles. The smallest absolute Gasteiger partial charge is 0.261 e. The van der Waals surface area contributed by atoms with Crippen LogP contribution in [-0.4, -0.2) is 16.4 Å². The monoisotopic (exact) mass is 361 g/mol. The third kappa shape index (κ3) is 2.99. The normalized spacial score (nSPS) is 15.0. The molecule has 0 radical (unpaired) electrons. The van der Waals surface area contributed by atoms with E-state index in [1.165, 1.54) is 6.92 Å². The van der Waals surface area contributed by atoms with Crippen LogP contribution in [0.2, 0.25) is 0 Å². The summed E-state index contributed by atoms with van der Waals surface area (Å²) < 4.78 is 2.01. The Morgan fingerprint density at radius 1 is 1.04 bits per heavy atom. The van der Waals surface area contributed by atoms with Crippen LogP contribution in [0.4, 0.5) is 11.4 Å². The number of amides is 2. The van der Waals surface area contributed by atoms with Crippen LogP contribution in [0.5, 0.6) is 0 Å². The first kappa shape index (κ1) is 17.0. The molecule has 0 aliphatic carbocycles. The molecule has 2 aromatic carbocycles. The van der Waals surface area contributed by atoms with E-state index in [0.717, 1.165) is 17.5 Å². The quantitative estimate of drug-likeness (QED) is 0.751. The fourth-order valence-corrected chi connectivity index (χ4v) is 3.62. The van der Waals surface area contributed by atoms with Crippen molar-refractivity contribution in [3.8, 4) is 0 Å². The van der Waals surface area contributed by atoms with E-state index in [9.17, 15) is 14.4 Å². The second-order valence-corrected chi connectivity index (χ2v) is 6.86. The van der Waals surface area contributed by atoms with Crippen LogP contribution < -0.4 is 16.1 Å². The van der Waals surface area contributed by atoms with Gasteiger partial charge < -0.3 is 15.2 Å². The molecule has 0 spiro atoms. The van der Waals surface area contributed by atoms with Crippen molar-refractivity contribution in [2.24, 2.45) is 0 Å². The van der Waals surface area contributed by atoms with E-state index in [-0.39, 0.29) is 22.9 Å². The molecular weight excluding hydrogens is 342 g/mol. The number of hydrogen-bond donors (Lipinski definition) is 2. The van der Waals surface area contributed by atoms with Gasteiger partial charge in [0.1, 0.15) is 5.56 Å². The van der Waals surface area contributed by atoms with Gasteiger partial charge in [0.25, 0.3) is 5.91 Å². The first-order valence-corrected chi connectivity index (χ1v) is 8.80. The Labute approximate surface area is 155 Å². The highest BCUT2D eigenvalue weighted by Crippen LogP contribution is 2.31. The number of hydrogen-bond acceptors (Lipinski definition) is 3. The van der Waals surface area contributed by atoms with Crippen LogP contribution in [-0.2, 0) is 11.2 Å². The van der Waals surface area contributed by atoms with Gasteiger partial charge in [-0.25, -0.2) is 0 Å². The summed E-state index contributed by atoms with van der Waals surface area (Å²) in [6.45, 7) is 3.51. The van der Waals surface area contributed by atoms with Gasteiger partial charge in [0.2, 0.25) is 11.3 Å². The average molecular weight is 361 g/mol. The summed E-state index contributed by atoms with van der Waals surface area (Å²) >= 11 is 0. The largest absolute Gasteiger partial charge is 0.343 e. The third-order valence-electron chi connectivity index (χ3n) is 4.83. The zero-order chi connectivity index (χ0) is 19.1. The number of pyridine rings is 1. The minimum Gasteiger partial charge on any atom is -0.343 e. The van der Waals surface area contributed by atoms with Gasteiger partial charge in [-0.2, -0.15) is 0 Å². The second-order valence-electron chi connectivity index (χ2n) is 6.86. The Morgan fingerprint density at radius 3 is 2.37 bits per heavy atom. The van der Waals surface area contributed by atoms with E-state index in [1.54, 1.807) is 36.5 Å². The molecule has 1 atom stereocenters. The van der Waals surface area contributed by atoms with Crippen LogP contribution in [0.25, 0.3) is 10.9 Å². The molecular formula is C21H19N3O3.